The van der Waals surface area contributed by atoms with Gasteiger partial charge in [0.25, 0.3) is 5.91 Å². The van der Waals surface area contributed by atoms with Crippen LogP contribution in [0, 0.1) is 23.3 Å². The van der Waals surface area contributed by atoms with Gasteiger partial charge in [-0.15, -0.1) is 0 Å². The zero-order chi connectivity index (χ0) is 31.4. The van der Waals surface area contributed by atoms with Crippen LogP contribution >= 0.6 is 0 Å². The van der Waals surface area contributed by atoms with E-state index in [9.17, 15) is 4.79 Å². The third-order valence-electron chi connectivity index (χ3n) is 8.66. The number of aromatic amines is 2. The molecule has 1 atom stereocenters. The number of aryl methyl sites for hydroxylation is 4. The largest absolute Gasteiger partial charge is 0.361 e. The van der Waals surface area contributed by atoms with Crippen LogP contribution in [0.2, 0.25) is 0 Å². The third-order valence-corrected chi connectivity index (χ3v) is 8.66. The predicted molar refractivity (Wildman–Crippen MR) is 163 cm³/mol. The minimum absolute atomic E-state index is 0.138. The minimum Gasteiger partial charge on any atom is -0.361 e. The van der Waals surface area contributed by atoms with Crippen LogP contribution in [0.1, 0.15) is 57.4 Å². The van der Waals surface area contributed by atoms with Gasteiger partial charge in [0.05, 0.1) is 39.3 Å². The fraction of sp³-hybridized carbons (Fsp3) is 0.229. The first-order chi connectivity index (χ1) is 21.7. The summed E-state index contributed by atoms with van der Waals surface area (Å²) in [6.07, 6.45) is 2.18. The summed E-state index contributed by atoms with van der Waals surface area (Å²) in [5.41, 5.74) is 4.77. The van der Waals surface area contributed by atoms with Crippen molar-refractivity contribution in [3.8, 4) is 22.3 Å². The molecule has 8 bridgehead atoms. The van der Waals surface area contributed by atoms with Gasteiger partial charge in [0.15, 0.2) is 0 Å². The van der Waals surface area contributed by atoms with Crippen LogP contribution in [0.3, 0.4) is 0 Å². The first-order valence-corrected chi connectivity index (χ1v) is 14.9. The number of benzene rings is 2. The van der Waals surface area contributed by atoms with E-state index in [1.54, 1.807) is 12.1 Å². The second-order valence-corrected chi connectivity index (χ2v) is 11.6. The molecule has 10 heteroatoms. The second kappa shape index (κ2) is 11.2. The van der Waals surface area contributed by atoms with E-state index in [1.807, 2.05) is 13.0 Å². The summed E-state index contributed by atoms with van der Waals surface area (Å²) >= 11 is 0. The number of hydrogen-bond donors (Lipinski definition) is 3. The van der Waals surface area contributed by atoms with Crippen molar-refractivity contribution in [3.05, 3.63) is 118 Å². The number of carbonyl (C=O) groups is 1. The smallest absolute Gasteiger partial charge is 0.254 e. The number of hydrogen-bond acceptors (Lipinski definition) is 3. The molecule has 6 nitrogen and oxygen atoms in total. The van der Waals surface area contributed by atoms with Crippen molar-refractivity contribution in [2.24, 2.45) is 0 Å². The van der Waals surface area contributed by atoms with E-state index >= 15 is 17.6 Å². The van der Waals surface area contributed by atoms with Gasteiger partial charge in [-0.3, -0.25) is 14.8 Å². The van der Waals surface area contributed by atoms with Gasteiger partial charge in [-0.25, -0.2) is 17.6 Å². The Morgan fingerprint density at radius 1 is 0.733 bits per heavy atom. The molecule has 3 N–H and O–H groups in total. The van der Waals surface area contributed by atoms with Crippen LogP contribution in [0.5, 0.6) is 0 Å². The van der Waals surface area contributed by atoms with E-state index in [1.165, 1.54) is 43.4 Å². The molecule has 3 aliphatic heterocycles. The molecule has 0 saturated carbocycles. The lowest BCUT2D eigenvalue weighted by atomic mass is 9.93. The Morgan fingerprint density at radius 3 is 1.98 bits per heavy atom. The van der Waals surface area contributed by atoms with E-state index in [4.69, 9.17) is 9.97 Å². The molecule has 45 heavy (non-hydrogen) atoms. The first-order valence-electron chi connectivity index (χ1n) is 14.9. The van der Waals surface area contributed by atoms with Crippen molar-refractivity contribution < 1.29 is 22.4 Å². The quantitative estimate of drug-likeness (QED) is 0.214. The van der Waals surface area contributed by atoms with Gasteiger partial charge < -0.3 is 15.3 Å². The van der Waals surface area contributed by atoms with E-state index in [2.05, 4.69) is 15.3 Å². The maximum Gasteiger partial charge on any atom is 0.254 e. The third kappa shape index (κ3) is 4.94. The average molecular weight is 612 g/mol. The molecule has 3 aliphatic rings. The molecule has 0 fully saturated rings. The average Bonchev–Trinajstić information content (AvgIpc) is 3.82. The summed E-state index contributed by atoms with van der Waals surface area (Å²) < 4.78 is 61.3. The van der Waals surface area contributed by atoms with Crippen molar-refractivity contribution in [2.75, 3.05) is 7.05 Å². The summed E-state index contributed by atoms with van der Waals surface area (Å²) in [5, 5.41) is 2.66. The number of H-pyrrole nitrogens is 2. The Kier molecular flexibility index (Phi) is 7.14. The van der Waals surface area contributed by atoms with Crippen molar-refractivity contribution in [3.63, 3.8) is 0 Å². The predicted octanol–water partition coefficient (Wildman–Crippen LogP) is 7.20. The standard InChI is InChI=1S/C35H29F4N5O/c1-17-15-19-16-18-9-10-24(41-18)31(29-20(36)5-3-6-21(29)37)25-11-12-26(43-25)32(35(45)40-2)27-13-14-28(44-27)33(34(17)42-19)30-22(38)7-4-8-23(30)39/h3-8,11-12,16-17,42-43H,9-10,13-15H2,1-2H3,(H,40,45). The number of carbonyl (C=O) groups excluding carboxylic acids is 1. The summed E-state index contributed by atoms with van der Waals surface area (Å²) in [6, 6.07) is 12.7. The molecule has 2 aromatic heterocycles. The minimum atomic E-state index is -0.728. The molecule has 7 rings (SSSR count). The van der Waals surface area contributed by atoms with Crippen LogP contribution in [0.4, 0.5) is 17.6 Å². The highest BCUT2D eigenvalue weighted by atomic mass is 19.1. The molecular formula is C35H29F4N5O. The van der Waals surface area contributed by atoms with Gasteiger partial charge in [-0.05, 0) is 74.6 Å². The van der Waals surface area contributed by atoms with E-state index < -0.39 is 29.2 Å². The lowest BCUT2D eigenvalue weighted by Gasteiger charge is -2.12. The summed E-state index contributed by atoms with van der Waals surface area (Å²) in [7, 11) is 1.50. The highest BCUT2D eigenvalue weighted by molar-refractivity contribution is 6.02. The zero-order valence-corrected chi connectivity index (χ0v) is 24.6. The SMILES string of the molecule is CNC(=O)c1c2nc(c(-c3c(F)cccc3F)c3[nH]c(cc4nc(c(-c5c(F)cccc5F)c5ccc1[nH]5)CC4)CC3C)CC2. The van der Waals surface area contributed by atoms with E-state index in [0.29, 0.717) is 77.2 Å². The van der Waals surface area contributed by atoms with Crippen molar-refractivity contribution in [2.45, 2.75) is 44.9 Å². The molecule has 228 valence electrons. The van der Waals surface area contributed by atoms with Crippen molar-refractivity contribution >= 4 is 16.9 Å². The molecule has 4 aromatic rings. The van der Waals surface area contributed by atoms with E-state index in [0.717, 1.165) is 5.69 Å². The monoisotopic (exact) mass is 611 g/mol. The Labute approximate surface area is 256 Å². The molecule has 1 unspecified atom stereocenters. The van der Waals surface area contributed by atoms with Crippen LogP contribution in [0.15, 0.2) is 54.6 Å². The Hall–Kier alpha value is -4.99. The van der Waals surface area contributed by atoms with Crippen LogP contribution in [-0.2, 0) is 32.1 Å². The van der Waals surface area contributed by atoms with Gasteiger partial charge in [-0.1, -0.05) is 19.1 Å². The molecule has 0 saturated heterocycles. The Morgan fingerprint density at radius 2 is 1.31 bits per heavy atom. The molecule has 5 heterocycles. The number of nitrogens with one attached hydrogen (secondary N) is 3. The molecule has 2 aromatic carbocycles. The molecule has 0 spiro atoms. The fourth-order valence-corrected chi connectivity index (χ4v) is 6.64. The number of nitrogens with zero attached hydrogens (tertiary/aromatic N) is 2. The lowest BCUT2D eigenvalue weighted by molar-refractivity contribution is 0.0963. The maximum absolute atomic E-state index is 15.4. The number of fused-ring (bicyclic) bond motifs is 8. The number of aromatic nitrogens is 4. The molecule has 0 aliphatic carbocycles. The van der Waals surface area contributed by atoms with Crippen LogP contribution < -0.4 is 5.32 Å². The topological polar surface area (TPSA) is 86.5 Å². The fourth-order valence-electron chi connectivity index (χ4n) is 6.64. The number of halogens is 4. The highest BCUT2D eigenvalue weighted by Crippen LogP contribution is 2.39. The molecule has 0 radical (unpaired) electrons. The zero-order valence-electron chi connectivity index (χ0n) is 24.6. The number of amides is 1. The second-order valence-electron chi connectivity index (χ2n) is 11.6. The molecular weight excluding hydrogens is 582 g/mol. The van der Waals surface area contributed by atoms with Crippen molar-refractivity contribution in [1.82, 2.24) is 25.3 Å². The van der Waals surface area contributed by atoms with Crippen LogP contribution in [0.25, 0.3) is 33.3 Å². The van der Waals surface area contributed by atoms with Gasteiger partial charge in [-0.2, -0.15) is 0 Å². The number of rotatable bonds is 3. The molecule has 1 amide bonds. The summed E-state index contributed by atoms with van der Waals surface area (Å²) in [5.74, 6) is -3.44. The summed E-state index contributed by atoms with van der Waals surface area (Å²) in [4.78, 5) is 29.7. The van der Waals surface area contributed by atoms with E-state index in [-0.39, 0.29) is 28.2 Å². The normalized spacial score (nSPS) is 15.2. The Bertz CT molecular complexity index is 2040. The van der Waals surface area contributed by atoms with Gasteiger partial charge in [0.2, 0.25) is 0 Å². The lowest BCUT2D eigenvalue weighted by Crippen LogP contribution is -2.19. The first kappa shape index (κ1) is 28.8. The highest BCUT2D eigenvalue weighted by Gasteiger charge is 2.29. The van der Waals surface area contributed by atoms with Crippen LogP contribution in [-0.4, -0.2) is 32.9 Å². The maximum atomic E-state index is 15.4. The van der Waals surface area contributed by atoms with Gasteiger partial charge >= 0.3 is 0 Å². The van der Waals surface area contributed by atoms with Gasteiger partial charge in [0.1, 0.15) is 23.3 Å². The van der Waals surface area contributed by atoms with Crippen molar-refractivity contribution in [1.29, 1.82) is 0 Å². The van der Waals surface area contributed by atoms with Gasteiger partial charge in [0, 0.05) is 46.7 Å². The Balaban J connectivity index is 1.66. The summed E-state index contributed by atoms with van der Waals surface area (Å²) in [6.45, 7) is 1.97.